The molecule has 11 nitrogen and oxygen atoms in total. The highest BCUT2D eigenvalue weighted by Crippen LogP contribution is 2.34. The van der Waals surface area contributed by atoms with Crippen molar-refractivity contribution in [3.63, 3.8) is 0 Å². The standard InChI is InChI=1S/C16H22BN3O8/c18-10(5-12(19)21)15(23)20-6-9(7-20)28-11-2-1-8(3-4-17(26)27)14(22)13(11)16(24)25/h1-2,9-10,22,26-27H,3-7,18H2,(H2,19,21)(H,24,25). The van der Waals surface area contributed by atoms with E-state index in [2.05, 4.69) is 0 Å². The summed E-state index contributed by atoms with van der Waals surface area (Å²) in [5.41, 5.74) is 10.4. The van der Waals surface area contributed by atoms with Gasteiger partial charge in [0.15, 0.2) is 0 Å². The maximum Gasteiger partial charge on any atom is 0.451 e. The van der Waals surface area contributed by atoms with E-state index < -0.39 is 48.4 Å². The number of phenols is 1. The molecule has 2 rings (SSSR count). The second-order valence-electron chi connectivity index (χ2n) is 6.53. The van der Waals surface area contributed by atoms with Crippen LogP contribution in [0.2, 0.25) is 6.32 Å². The maximum atomic E-state index is 12.0. The van der Waals surface area contributed by atoms with Crippen LogP contribution in [-0.2, 0) is 16.0 Å². The summed E-state index contributed by atoms with van der Waals surface area (Å²) in [6.07, 6.45) is -0.791. The molecule has 152 valence electrons. The number of primary amides is 1. The smallest absolute Gasteiger partial charge is 0.451 e. The zero-order valence-corrected chi connectivity index (χ0v) is 14.9. The van der Waals surface area contributed by atoms with Crippen molar-refractivity contribution in [3.05, 3.63) is 23.3 Å². The van der Waals surface area contributed by atoms with Crippen LogP contribution >= 0.6 is 0 Å². The summed E-state index contributed by atoms with van der Waals surface area (Å²) in [6, 6.07) is 1.76. The molecule has 28 heavy (non-hydrogen) atoms. The summed E-state index contributed by atoms with van der Waals surface area (Å²) in [4.78, 5) is 35.7. The van der Waals surface area contributed by atoms with Crippen molar-refractivity contribution < 1.29 is 39.4 Å². The minimum Gasteiger partial charge on any atom is -0.507 e. The van der Waals surface area contributed by atoms with E-state index in [9.17, 15) is 24.6 Å². The Balaban J connectivity index is 2.03. The van der Waals surface area contributed by atoms with Gasteiger partial charge in [-0.3, -0.25) is 9.59 Å². The summed E-state index contributed by atoms with van der Waals surface area (Å²) in [5.74, 6) is -3.14. The van der Waals surface area contributed by atoms with Gasteiger partial charge >= 0.3 is 13.1 Å². The molecule has 0 radical (unpaired) electrons. The van der Waals surface area contributed by atoms with Crippen molar-refractivity contribution in [3.8, 4) is 11.5 Å². The topological polar surface area (TPSA) is 197 Å². The normalized spacial score (nSPS) is 14.9. The Hall–Kier alpha value is -2.83. The fraction of sp³-hybridized carbons (Fsp3) is 0.438. The third-order valence-electron chi connectivity index (χ3n) is 4.30. The molecule has 0 saturated carbocycles. The maximum absolute atomic E-state index is 12.0. The minimum atomic E-state index is -1.58. The number of carbonyl (C=O) groups excluding carboxylic acids is 2. The first-order chi connectivity index (χ1) is 13.1. The first kappa shape index (κ1) is 21.5. The third-order valence-corrected chi connectivity index (χ3v) is 4.30. The number of aromatic hydroxyl groups is 1. The Morgan fingerprint density at radius 3 is 2.46 bits per heavy atom. The highest BCUT2D eigenvalue weighted by atomic mass is 16.5. The first-order valence-electron chi connectivity index (χ1n) is 8.53. The van der Waals surface area contributed by atoms with Gasteiger partial charge in [-0.25, -0.2) is 4.79 Å². The number of carboxylic acids is 1. The van der Waals surface area contributed by atoms with Crippen LogP contribution in [0.4, 0.5) is 0 Å². The van der Waals surface area contributed by atoms with E-state index in [-0.39, 0.29) is 43.6 Å². The van der Waals surface area contributed by atoms with Gasteiger partial charge in [0.05, 0.1) is 25.6 Å². The molecule has 8 N–H and O–H groups in total. The Morgan fingerprint density at radius 1 is 1.29 bits per heavy atom. The van der Waals surface area contributed by atoms with E-state index in [1.165, 1.54) is 17.0 Å². The highest BCUT2D eigenvalue weighted by molar-refractivity contribution is 6.41. The quantitative estimate of drug-likeness (QED) is 0.254. The van der Waals surface area contributed by atoms with Crippen molar-refractivity contribution in [2.45, 2.75) is 31.3 Å². The molecular formula is C16H22BN3O8. The van der Waals surface area contributed by atoms with Gasteiger partial charge in [0.1, 0.15) is 23.2 Å². The van der Waals surface area contributed by atoms with Gasteiger partial charge in [0.2, 0.25) is 11.8 Å². The van der Waals surface area contributed by atoms with Gasteiger partial charge in [-0.2, -0.15) is 0 Å². The van der Waals surface area contributed by atoms with Crippen molar-refractivity contribution >= 4 is 24.9 Å². The molecule has 1 heterocycles. The molecule has 12 heteroatoms. The van der Waals surface area contributed by atoms with Gasteiger partial charge in [-0.05, 0) is 24.4 Å². The number of aromatic carboxylic acids is 1. The molecule has 1 unspecified atom stereocenters. The van der Waals surface area contributed by atoms with Crippen molar-refractivity contribution in [1.82, 2.24) is 4.90 Å². The second kappa shape index (κ2) is 8.91. The fourth-order valence-corrected chi connectivity index (χ4v) is 2.82. The number of nitrogens with zero attached hydrogens (tertiary/aromatic N) is 1. The highest BCUT2D eigenvalue weighted by Gasteiger charge is 2.36. The van der Waals surface area contributed by atoms with E-state index >= 15 is 0 Å². The molecule has 1 aromatic rings. The molecule has 2 amide bonds. The van der Waals surface area contributed by atoms with Crippen molar-refractivity contribution in [1.29, 1.82) is 0 Å². The van der Waals surface area contributed by atoms with E-state index in [0.29, 0.717) is 0 Å². The number of hydrogen-bond donors (Lipinski definition) is 6. The fourth-order valence-electron chi connectivity index (χ4n) is 2.82. The van der Waals surface area contributed by atoms with Crippen LogP contribution in [0.1, 0.15) is 22.3 Å². The molecule has 1 aliphatic heterocycles. The van der Waals surface area contributed by atoms with E-state index in [1.54, 1.807) is 0 Å². The number of carboxylic acid groups (broad SMARTS) is 1. The number of ether oxygens (including phenoxy) is 1. The number of aryl methyl sites for hydroxylation is 1. The number of benzene rings is 1. The van der Waals surface area contributed by atoms with Crippen LogP contribution in [0.25, 0.3) is 0 Å². The number of nitrogens with two attached hydrogens (primary N) is 2. The lowest BCUT2D eigenvalue weighted by Crippen LogP contribution is -2.60. The summed E-state index contributed by atoms with van der Waals surface area (Å²) >= 11 is 0. The monoisotopic (exact) mass is 395 g/mol. The molecule has 1 fully saturated rings. The zero-order valence-electron chi connectivity index (χ0n) is 14.9. The molecular weight excluding hydrogens is 373 g/mol. The number of hydrogen-bond acceptors (Lipinski definition) is 8. The summed E-state index contributed by atoms with van der Waals surface area (Å²) < 4.78 is 5.58. The number of carbonyl (C=O) groups is 3. The lowest BCUT2D eigenvalue weighted by Gasteiger charge is -2.40. The van der Waals surface area contributed by atoms with Gasteiger partial charge < -0.3 is 41.4 Å². The van der Waals surface area contributed by atoms with Crippen LogP contribution in [0, 0.1) is 0 Å². The van der Waals surface area contributed by atoms with Crippen molar-refractivity contribution in [2.24, 2.45) is 11.5 Å². The van der Waals surface area contributed by atoms with Crippen LogP contribution in [0.15, 0.2) is 12.1 Å². The summed E-state index contributed by atoms with van der Waals surface area (Å²) in [7, 11) is -1.58. The third kappa shape index (κ3) is 5.12. The second-order valence-corrected chi connectivity index (χ2v) is 6.53. The SMILES string of the molecule is NC(=O)CC(N)C(=O)N1CC(Oc2ccc(CCB(O)O)c(O)c2C(=O)O)C1. The number of likely N-dealkylation sites (tertiary alicyclic amines) is 1. The Bertz CT molecular complexity index is 767. The van der Waals surface area contributed by atoms with Gasteiger partial charge in [0, 0.05) is 0 Å². The summed E-state index contributed by atoms with van der Waals surface area (Å²) in [5, 5.41) is 37.4. The molecule has 0 aromatic heterocycles. The average Bonchev–Trinajstić information content (AvgIpc) is 2.55. The first-order valence-corrected chi connectivity index (χ1v) is 8.53. The van der Waals surface area contributed by atoms with Crippen LogP contribution in [0.5, 0.6) is 11.5 Å². The molecule has 1 aromatic carbocycles. The Morgan fingerprint density at radius 2 is 1.93 bits per heavy atom. The number of amides is 2. The van der Waals surface area contributed by atoms with Gasteiger partial charge in [-0.15, -0.1) is 0 Å². The van der Waals surface area contributed by atoms with Crippen molar-refractivity contribution in [2.75, 3.05) is 13.1 Å². The van der Waals surface area contributed by atoms with E-state index in [1.807, 2.05) is 0 Å². The van der Waals surface area contributed by atoms with Crippen LogP contribution in [0.3, 0.4) is 0 Å². The van der Waals surface area contributed by atoms with Gasteiger partial charge in [-0.1, -0.05) is 6.07 Å². The molecule has 0 aliphatic carbocycles. The van der Waals surface area contributed by atoms with E-state index in [0.717, 1.165) is 0 Å². The Labute approximate surface area is 160 Å². The lowest BCUT2D eigenvalue weighted by molar-refractivity contribution is -0.142. The predicted molar refractivity (Wildman–Crippen MR) is 96.6 cm³/mol. The van der Waals surface area contributed by atoms with E-state index in [4.69, 9.17) is 26.3 Å². The van der Waals surface area contributed by atoms with Crippen LogP contribution < -0.4 is 16.2 Å². The lowest BCUT2D eigenvalue weighted by atomic mass is 9.82. The largest absolute Gasteiger partial charge is 0.507 e. The molecule has 0 bridgehead atoms. The van der Waals surface area contributed by atoms with Crippen LogP contribution in [-0.4, -0.2) is 75.3 Å². The average molecular weight is 395 g/mol. The molecule has 1 saturated heterocycles. The molecule has 1 atom stereocenters. The molecule has 1 aliphatic rings. The predicted octanol–water partition coefficient (Wildman–Crippen LogP) is -2.10. The zero-order chi connectivity index (χ0) is 21.0. The summed E-state index contributed by atoms with van der Waals surface area (Å²) in [6.45, 7) is 0.285. The van der Waals surface area contributed by atoms with Gasteiger partial charge in [0.25, 0.3) is 0 Å². The number of rotatable bonds is 9. The Kier molecular flexibility index (Phi) is 6.83. The molecule has 0 spiro atoms. The minimum absolute atomic E-state index is 0.0630.